The number of hydrogen-bond acceptors (Lipinski definition) is 5. The van der Waals surface area contributed by atoms with Crippen LogP contribution in [0.3, 0.4) is 0 Å². The number of aliphatic hydroxyl groups excluding tert-OH is 1. The number of ether oxygens (including phenoxy) is 2. The molecule has 3 rings (SSSR count). The minimum Gasteiger partial charge on any atom is -0.507 e. The Morgan fingerprint density at radius 1 is 1.03 bits per heavy atom. The number of carbonyl (C=O) groups is 2. The van der Waals surface area contributed by atoms with Gasteiger partial charge in [-0.3, -0.25) is 9.59 Å². The Kier molecular flexibility index (Phi) is 7.87. The molecule has 0 saturated carbocycles. The molecule has 2 aromatic carbocycles. The summed E-state index contributed by atoms with van der Waals surface area (Å²) < 4.78 is 24.8. The van der Waals surface area contributed by atoms with E-state index in [4.69, 9.17) is 9.47 Å². The largest absolute Gasteiger partial charge is 0.507 e. The van der Waals surface area contributed by atoms with Crippen molar-refractivity contribution in [2.24, 2.45) is 5.92 Å². The maximum Gasteiger partial charge on any atom is 0.295 e. The number of aliphatic hydroxyl groups is 1. The molecular weight excluding hydrogens is 425 g/mol. The van der Waals surface area contributed by atoms with Crippen LogP contribution >= 0.6 is 0 Å². The van der Waals surface area contributed by atoms with Gasteiger partial charge in [-0.25, -0.2) is 4.39 Å². The van der Waals surface area contributed by atoms with E-state index >= 15 is 0 Å². The Bertz CT molecular complexity index is 1010. The molecule has 1 heterocycles. The normalized spacial score (nSPS) is 17.9. The Hall–Kier alpha value is -3.19. The van der Waals surface area contributed by atoms with Gasteiger partial charge in [0.25, 0.3) is 11.7 Å². The Morgan fingerprint density at radius 3 is 2.24 bits per heavy atom. The van der Waals surface area contributed by atoms with E-state index in [0.717, 1.165) is 0 Å². The minimum atomic E-state index is -0.849. The molecule has 7 heteroatoms. The maximum atomic E-state index is 13.5. The van der Waals surface area contributed by atoms with Crippen LogP contribution in [0.2, 0.25) is 0 Å². The topological polar surface area (TPSA) is 76.1 Å². The number of carbonyl (C=O) groups excluding carboxylic acids is 2. The molecule has 0 spiro atoms. The first-order chi connectivity index (χ1) is 15.7. The van der Waals surface area contributed by atoms with Crippen molar-refractivity contribution in [2.75, 3.05) is 19.8 Å². The SMILES string of the molecule is CC(C)COc1ccc(/C(O)=C2/C(=O)C(=O)N(CCOC(C)C)C2c2ccc(F)cc2)cc1. The monoisotopic (exact) mass is 455 g/mol. The van der Waals surface area contributed by atoms with Crippen molar-refractivity contribution in [3.05, 3.63) is 71.0 Å². The number of Topliss-reactive ketones (excluding diaryl/α,β-unsaturated/α-hetero) is 1. The molecule has 0 aromatic heterocycles. The predicted octanol–water partition coefficient (Wildman–Crippen LogP) is 4.71. The van der Waals surface area contributed by atoms with E-state index in [2.05, 4.69) is 0 Å². The number of benzene rings is 2. The molecule has 1 aliphatic heterocycles. The third kappa shape index (κ3) is 5.79. The van der Waals surface area contributed by atoms with Crippen molar-refractivity contribution in [1.82, 2.24) is 4.90 Å². The zero-order valence-corrected chi connectivity index (χ0v) is 19.4. The summed E-state index contributed by atoms with van der Waals surface area (Å²) in [4.78, 5) is 27.2. The highest BCUT2D eigenvalue weighted by Gasteiger charge is 2.45. The zero-order valence-electron chi connectivity index (χ0n) is 19.4. The summed E-state index contributed by atoms with van der Waals surface area (Å²) in [5, 5.41) is 11.1. The van der Waals surface area contributed by atoms with Gasteiger partial charge >= 0.3 is 0 Å². The van der Waals surface area contributed by atoms with Crippen LogP contribution in [0.1, 0.15) is 44.9 Å². The van der Waals surface area contributed by atoms with E-state index in [0.29, 0.717) is 29.4 Å². The molecule has 0 bridgehead atoms. The second-order valence-electron chi connectivity index (χ2n) is 8.69. The molecule has 1 amide bonds. The molecule has 1 N–H and O–H groups in total. The highest BCUT2D eigenvalue weighted by molar-refractivity contribution is 6.46. The van der Waals surface area contributed by atoms with Gasteiger partial charge in [-0.15, -0.1) is 0 Å². The first-order valence-electron chi connectivity index (χ1n) is 11.1. The molecule has 1 fully saturated rings. The van der Waals surface area contributed by atoms with E-state index in [1.54, 1.807) is 24.3 Å². The summed E-state index contributed by atoms with van der Waals surface area (Å²) in [6, 6.07) is 11.4. The quantitative estimate of drug-likeness (QED) is 0.337. The van der Waals surface area contributed by atoms with Crippen molar-refractivity contribution in [1.29, 1.82) is 0 Å². The lowest BCUT2D eigenvalue weighted by atomic mass is 9.95. The number of likely N-dealkylation sites (tertiary alicyclic amines) is 1. The van der Waals surface area contributed by atoms with Gasteiger partial charge in [-0.05, 0) is 61.7 Å². The van der Waals surface area contributed by atoms with Crippen molar-refractivity contribution in [3.63, 3.8) is 0 Å². The molecule has 176 valence electrons. The lowest BCUT2D eigenvalue weighted by Gasteiger charge is -2.25. The Balaban J connectivity index is 1.99. The number of ketones is 1. The average molecular weight is 456 g/mol. The average Bonchev–Trinajstić information content (AvgIpc) is 3.03. The highest BCUT2D eigenvalue weighted by atomic mass is 19.1. The molecular formula is C26H30FNO5. The van der Waals surface area contributed by atoms with Crippen LogP contribution in [0.4, 0.5) is 4.39 Å². The van der Waals surface area contributed by atoms with E-state index < -0.39 is 23.5 Å². The fourth-order valence-corrected chi connectivity index (χ4v) is 3.62. The fourth-order valence-electron chi connectivity index (χ4n) is 3.62. The summed E-state index contributed by atoms with van der Waals surface area (Å²) >= 11 is 0. The van der Waals surface area contributed by atoms with Gasteiger partial charge in [0, 0.05) is 12.1 Å². The van der Waals surface area contributed by atoms with Gasteiger partial charge < -0.3 is 19.5 Å². The number of nitrogens with zero attached hydrogens (tertiary/aromatic N) is 1. The third-order valence-electron chi connectivity index (χ3n) is 5.22. The van der Waals surface area contributed by atoms with Crippen LogP contribution in [0.5, 0.6) is 5.75 Å². The van der Waals surface area contributed by atoms with E-state index in [1.165, 1.54) is 29.2 Å². The van der Waals surface area contributed by atoms with E-state index in [9.17, 15) is 19.1 Å². The summed E-state index contributed by atoms with van der Waals surface area (Å²) in [5.41, 5.74) is 0.876. The second kappa shape index (κ2) is 10.6. The molecule has 0 radical (unpaired) electrons. The fraction of sp³-hybridized carbons (Fsp3) is 0.385. The van der Waals surface area contributed by atoms with Gasteiger partial charge in [-0.1, -0.05) is 26.0 Å². The number of amides is 1. The Labute approximate surface area is 193 Å². The van der Waals surface area contributed by atoms with E-state index in [1.807, 2.05) is 27.7 Å². The first kappa shape index (κ1) is 24.5. The van der Waals surface area contributed by atoms with Gasteiger partial charge in [0.15, 0.2) is 0 Å². The highest BCUT2D eigenvalue weighted by Crippen LogP contribution is 2.39. The summed E-state index contributed by atoms with van der Waals surface area (Å²) in [6.07, 6.45) is -0.0393. The van der Waals surface area contributed by atoms with Crippen LogP contribution < -0.4 is 4.74 Å². The maximum absolute atomic E-state index is 13.5. The lowest BCUT2D eigenvalue weighted by Crippen LogP contribution is -2.33. The first-order valence-corrected chi connectivity index (χ1v) is 11.1. The van der Waals surface area contributed by atoms with Gasteiger partial charge in [-0.2, -0.15) is 0 Å². The molecule has 33 heavy (non-hydrogen) atoms. The van der Waals surface area contributed by atoms with Crippen molar-refractivity contribution < 1.29 is 28.6 Å². The molecule has 1 saturated heterocycles. The van der Waals surface area contributed by atoms with Gasteiger partial charge in [0.05, 0.1) is 30.9 Å². The smallest absolute Gasteiger partial charge is 0.295 e. The molecule has 0 aliphatic carbocycles. The van der Waals surface area contributed by atoms with Crippen LogP contribution in [-0.4, -0.2) is 47.6 Å². The Morgan fingerprint density at radius 2 is 1.67 bits per heavy atom. The molecule has 2 aromatic rings. The third-order valence-corrected chi connectivity index (χ3v) is 5.22. The van der Waals surface area contributed by atoms with Crippen molar-refractivity contribution in [2.45, 2.75) is 39.8 Å². The number of rotatable bonds is 9. The minimum absolute atomic E-state index is 0.0352. The van der Waals surface area contributed by atoms with Crippen LogP contribution in [0.15, 0.2) is 54.1 Å². The zero-order chi connectivity index (χ0) is 24.1. The summed E-state index contributed by atoms with van der Waals surface area (Å²) in [5.74, 6) is -1.23. The lowest BCUT2D eigenvalue weighted by molar-refractivity contribution is -0.140. The van der Waals surface area contributed by atoms with Crippen LogP contribution in [0.25, 0.3) is 5.76 Å². The van der Waals surface area contributed by atoms with E-state index in [-0.39, 0.29) is 30.6 Å². The van der Waals surface area contributed by atoms with Crippen LogP contribution in [-0.2, 0) is 14.3 Å². The number of halogens is 1. The van der Waals surface area contributed by atoms with Crippen molar-refractivity contribution in [3.8, 4) is 5.75 Å². The standard InChI is InChI=1S/C26H30FNO5/c1-16(2)15-33-21-11-7-19(8-12-21)24(29)22-23(18-5-9-20(27)10-6-18)28(26(31)25(22)30)13-14-32-17(3)4/h5-12,16-17,23,29H,13-15H2,1-4H3/b24-22-. The van der Waals surface area contributed by atoms with Gasteiger partial charge in [0.1, 0.15) is 17.3 Å². The van der Waals surface area contributed by atoms with Crippen molar-refractivity contribution >= 4 is 17.4 Å². The number of hydrogen-bond donors (Lipinski definition) is 1. The second-order valence-corrected chi connectivity index (χ2v) is 8.69. The summed E-state index contributed by atoms with van der Waals surface area (Å²) in [7, 11) is 0. The predicted molar refractivity (Wildman–Crippen MR) is 123 cm³/mol. The molecule has 1 unspecified atom stereocenters. The molecule has 1 atom stereocenters. The van der Waals surface area contributed by atoms with Gasteiger partial charge in [0.2, 0.25) is 0 Å². The molecule has 1 aliphatic rings. The van der Waals surface area contributed by atoms with Crippen LogP contribution in [0, 0.1) is 11.7 Å². The molecule has 6 nitrogen and oxygen atoms in total. The summed E-state index contributed by atoms with van der Waals surface area (Å²) in [6.45, 7) is 8.77.